The van der Waals surface area contributed by atoms with Crippen LogP contribution in [0.2, 0.25) is 0 Å². The molecule has 0 aliphatic rings. The van der Waals surface area contributed by atoms with Gasteiger partial charge in [0.15, 0.2) is 0 Å². The molecule has 0 aliphatic heterocycles. The summed E-state index contributed by atoms with van der Waals surface area (Å²) in [4.78, 5) is 0. The van der Waals surface area contributed by atoms with Crippen molar-refractivity contribution < 1.29 is 4.74 Å². The fraction of sp³-hybridized carbons (Fsp3) is 0.600. The molecule has 0 bridgehead atoms. The van der Waals surface area contributed by atoms with E-state index in [4.69, 9.17) is 10.5 Å². The fourth-order valence-electron chi connectivity index (χ4n) is 1.70. The van der Waals surface area contributed by atoms with Gasteiger partial charge in [-0.25, -0.2) is 0 Å². The van der Waals surface area contributed by atoms with Gasteiger partial charge in [0.05, 0.1) is 6.61 Å². The summed E-state index contributed by atoms with van der Waals surface area (Å²) in [6, 6.07) is 4.11. The van der Waals surface area contributed by atoms with Gasteiger partial charge in [0.2, 0.25) is 0 Å². The van der Waals surface area contributed by atoms with Gasteiger partial charge in [-0.05, 0) is 48.4 Å². The Morgan fingerprint density at radius 1 is 1.18 bits per heavy atom. The van der Waals surface area contributed by atoms with Gasteiger partial charge < -0.3 is 10.5 Å². The zero-order valence-corrected chi connectivity index (χ0v) is 11.7. The van der Waals surface area contributed by atoms with Gasteiger partial charge in [0, 0.05) is 5.69 Å². The first-order chi connectivity index (χ1) is 7.91. The molecule has 0 fully saturated rings. The van der Waals surface area contributed by atoms with Crippen LogP contribution in [0.15, 0.2) is 12.1 Å². The quantitative estimate of drug-likeness (QED) is 0.779. The van der Waals surface area contributed by atoms with Crippen molar-refractivity contribution in [2.75, 3.05) is 12.3 Å². The van der Waals surface area contributed by atoms with Crippen LogP contribution in [-0.4, -0.2) is 6.61 Å². The molecule has 1 aromatic rings. The van der Waals surface area contributed by atoms with Gasteiger partial charge in [0.25, 0.3) is 0 Å². The molecule has 0 atom stereocenters. The molecule has 0 saturated heterocycles. The molecule has 0 spiro atoms. The number of hydrogen-bond acceptors (Lipinski definition) is 2. The number of aryl methyl sites for hydroxylation is 1. The first-order valence-corrected chi connectivity index (χ1v) is 6.44. The predicted molar refractivity (Wildman–Crippen MR) is 74.6 cm³/mol. The lowest BCUT2D eigenvalue weighted by Gasteiger charge is -2.17. The van der Waals surface area contributed by atoms with E-state index in [1.165, 1.54) is 5.56 Å². The minimum absolute atomic E-state index is 0.437. The standard InChI is InChI=1S/C15H25NO/c1-10(2)6-7-17-15-8-12(5)14(16)9-13(15)11(3)4/h8-11H,6-7,16H2,1-5H3. The minimum Gasteiger partial charge on any atom is -0.493 e. The Morgan fingerprint density at radius 3 is 2.35 bits per heavy atom. The molecule has 0 heterocycles. The van der Waals surface area contributed by atoms with Crippen LogP contribution in [0.25, 0.3) is 0 Å². The summed E-state index contributed by atoms with van der Waals surface area (Å²) in [6.07, 6.45) is 1.08. The first kappa shape index (κ1) is 13.9. The van der Waals surface area contributed by atoms with Crippen molar-refractivity contribution in [2.45, 2.75) is 47.0 Å². The number of ether oxygens (including phenoxy) is 1. The van der Waals surface area contributed by atoms with Gasteiger partial charge >= 0.3 is 0 Å². The number of nitrogen functional groups attached to an aromatic ring is 1. The maximum absolute atomic E-state index is 5.95. The highest BCUT2D eigenvalue weighted by atomic mass is 16.5. The van der Waals surface area contributed by atoms with E-state index in [0.29, 0.717) is 11.8 Å². The van der Waals surface area contributed by atoms with E-state index in [-0.39, 0.29) is 0 Å². The number of anilines is 1. The molecule has 0 saturated carbocycles. The smallest absolute Gasteiger partial charge is 0.123 e. The van der Waals surface area contributed by atoms with E-state index in [1.54, 1.807) is 0 Å². The zero-order chi connectivity index (χ0) is 13.0. The number of nitrogens with two attached hydrogens (primary N) is 1. The third-order valence-electron chi connectivity index (χ3n) is 2.97. The molecule has 2 nitrogen and oxygen atoms in total. The Morgan fingerprint density at radius 2 is 1.82 bits per heavy atom. The Labute approximate surface area is 105 Å². The van der Waals surface area contributed by atoms with Crippen molar-refractivity contribution in [2.24, 2.45) is 5.92 Å². The van der Waals surface area contributed by atoms with Gasteiger partial charge in [-0.15, -0.1) is 0 Å². The molecule has 1 rings (SSSR count). The minimum atomic E-state index is 0.437. The normalized spacial score (nSPS) is 11.2. The molecular weight excluding hydrogens is 210 g/mol. The van der Waals surface area contributed by atoms with Crippen molar-refractivity contribution in [3.05, 3.63) is 23.3 Å². The monoisotopic (exact) mass is 235 g/mol. The maximum atomic E-state index is 5.95. The van der Waals surface area contributed by atoms with E-state index >= 15 is 0 Å². The predicted octanol–water partition coefficient (Wildman–Crippen LogP) is 4.13. The molecular formula is C15H25NO. The summed E-state index contributed by atoms with van der Waals surface area (Å²) < 4.78 is 5.89. The summed E-state index contributed by atoms with van der Waals surface area (Å²) in [5.41, 5.74) is 9.10. The van der Waals surface area contributed by atoms with Crippen LogP contribution in [0.5, 0.6) is 5.75 Å². The van der Waals surface area contributed by atoms with Crippen molar-refractivity contribution in [3.63, 3.8) is 0 Å². The second-order valence-corrected chi connectivity index (χ2v) is 5.43. The second kappa shape index (κ2) is 5.95. The Kier molecular flexibility index (Phi) is 4.86. The van der Waals surface area contributed by atoms with Crippen LogP contribution in [0, 0.1) is 12.8 Å². The van der Waals surface area contributed by atoms with E-state index in [9.17, 15) is 0 Å². The molecule has 0 aromatic heterocycles. The van der Waals surface area contributed by atoms with Crippen LogP contribution in [0.4, 0.5) is 5.69 Å². The summed E-state index contributed by atoms with van der Waals surface area (Å²) >= 11 is 0. The molecule has 1 aromatic carbocycles. The Hall–Kier alpha value is -1.18. The van der Waals surface area contributed by atoms with Crippen LogP contribution in [-0.2, 0) is 0 Å². The van der Waals surface area contributed by atoms with Gasteiger partial charge in [-0.1, -0.05) is 27.7 Å². The molecule has 17 heavy (non-hydrogen) atoms. The fourth-order valence-corrected chi connectivity index (χ4v) is 1.70. The number of rotatable bonds is 5. The molecule has 0 unspecified atom stereocenters. The zero-order valence-electron chi connectivity index (χ0n) is 11.7. The highest BCUT2D eigenvalue weighted by Gasteiger charge is 2.10. The van der Waals surface area contributed by atoms with E-state index in [0.717, 1.165) is 30.0 Å². The largest absolute Gasteiger partial charge is 0.493 e. The van der Waals surface area contributed by atoms with Crippen molar-refractivity contribution in [1.29, 1.82) is 0 Å². The molecule has 0 aliphatic carbocycles. The number of hydrogen-bond donors (Lipinski definition) is 1. The summed E-state index contributed by atoms with van der Waals surface area (Å²) in [5.74, 6) is 2.10. The van der Waals surface area contributed by atoms with Crippen LogP contribution in [0.3, 0.4) is 0 Å². The van der Waals surface area contributed by atoms with Crippen LogP contribution < -0.4 is 10.5 Å². The molecule has 2 heteroatoms. The first-order valence-electron chi connectivity index (χ1n) is 6.44. The number of benzene rings is 1. The Bertz CT molecular complexity index is 369. The highest BCUT2D eigenvalue weighted by molar-refractivity contribution is 5.55. The third kappa shape index (κ3) is 3.95. The molecule has 96 valence electrons. The van der Waals surface area contributed by atoms with Gasteiger partial charge in [-0.2, -0.15) is 0 Å². The summed E-state index contributed by atoms with van der Waals surface area (Å²) in [5, 5.41) is 0. The highest BCUT2D eigenvalue weighted by Crippen LogP contribution is 2.31. The van der Waals surface area contributed by atoms with Gasteiger partial charge in [-0.3, -0.25) is 0 Å². The van der Waals surface area contributed by atoms with E-state index in [2.05, 4.69) is 33.8 Å². The topological polar surface area (TPSA) is 35.2 Å². The van der Waals surface area contributed by atoms with Gasteiger partial charge in [0.1, 0.15) is 5.75 Å². The van der Waals surface area contributed by atoms with E-state index in [1.807, 2.05) is 13.0 Å². The molecule has 0 radical (unpaired) electrons. The lowest BCUT2D eigenvalue weighted by Crippen LogP contribution is -2.05. The third-order valence-corrected chi connectivity index (χ3v) is 2.97. The second-order valence-electron chi connectivity index (χ2n) is 5.43. The molecule has 0 amide bonds. The van der Waals surface area contributed by atoms with Crippen molar-refractivity contribution >= 4 is 5.69 Å². The summed E-state index contributed by atoms with van der Waals surface area (Å²) in [7, 11) is 0. The summed E-state index contributed by atoms with van der Waals surface area (Å²) in [6.45, 7) is 11.6. The average Bonchev–Trinajstić information content (AvgIpc) is 2.22. The van der Waals surface area contributed by atoms with Crippen LogP contribution >= 0.6 is 0 Å². The van der Waals surface area contributed by atoms with E-state index < -0.39 is 0 Å². The maximum Gasteiger partial charge on any atom is 0.123 e. The Balaban J connectivity index is 2.85. The lowest BCUT2D eigenvalue weighted by atomic mass is 9.99. The van der Waals surface area contributed by atoms with Crippen molar-refractivity contribution in [3.8, 4) is 5.75 Å². The SMILES string of the molecule is Cc1cc(OCCC(C)C)c(C(C)C)cc1N. The lowest BCUT2D eigenvalue weighted by molar-refractivity contribution is 0.286. The molecule has 2 N–H and O–H groups in total. The average molecular weight is 235 g/mol. The van der Waals surface area contributed by atoms with Crippen LogP contribution in [0.1, 0.15) is 51.2 Å². The van der Waals surface area contributed by atoms with Crippen molar-refractivity contribution in [1.82, 2.24) is 0 Å².